The molecule has 0 radical (unpaired) electrons. The molecule has 2 unspecified atom stereocenters. The Hall–Kier alpha value is -1.26. The molecule has 5 nitrogen and oxygen atoms in total. The fourth-order valence-corrected chi connectivity index (χ4v) is 2.42. The van der Waals surface area contributed by atoms with Crippen LogP contribution in [0, 0.1) is 17.3 Å². The molecule has 0 aromatic heterocycles. The maximum Gasteiger partial charge on any atom is 0.317 e. The molecule has 0 bridgehead atoms. The topological polar surface area (TPSA) is 69.6 Å². The molecule has 1 fully saturated rings. The molecular weight excluding hydrogens is 244 g/mol. The summed E-state index contributed by atoms with van der Waals surface area (Å²) in [6, 6.07) is -0.135. The third-order valence-electron chi connectivity index (χ3n) is 4.42. The Labute approximate surface area is 115 Å². The summed E-state index contributed by atoms with van der Waals surface area (Å²) in [4.78, 5) is 25.1. The average molecular weight is 270 g/mol. The second-order valence-electron chi connectivity index (χ2n) is 5.99. The Morgan fingerprint density at radius 2 is 2.00 bits per heavy atom. The van der Waals surface area contributed by atoms with Crippen LogP contribution in [-0.4, -0.2) is 41.6 Å². The summed E-state index contributed by atoms with van der Waals surface area (Å²) < 4.78 is 0. The Morgan fingerprint density at radius 3 is 2.42 bits per heavy atom. The second kappa shape index (κ2) is 6.26. The van der Waals surface area contributed by atoms with E-state index in [0.29, 0.717) is 32.0 Å². The van der Waals surface area contributed by atoms with Crippen LogP contribution in [0.4, 0.5) is 4.79 Å². The first-order chi connectivity index (χ1) is 8.83. The highest BCUT2D eigenvalue weighted by Crippen LogP contribution is 2.38. The number of carboxylic acid groups (broad SMARTS) is 1. The van der Waals surface area contributed by atoms with Gasteiger partial charge in [0.05, 0.1) is 5.41 Å². The Balaban J connectivity index is 2.59. The van der Waals surface area contributed by atoms with Crippen molar-refractivity contribution in [3.8, 4) is 0 Å². The van der Waals surface area contributed by atoms with E-state index < -0.39 is 11.4 Å². The molecule has 1 heterocycles. The predicted octanol–water partition coefficient (Wildman–Crippen LogP) is 2.17. The zero-order valence-corrected chi connectivity index (χ0v) is 12.4. The third kappa shape index (κ3) is 3.39. The van der Waals surface area contributed by atoms with Gasteiger partial charge in [-0.15, -0.1) is 0 Å². The van der Waals surface area contributed by atoms with Crippen molar-refractivity contribution in [1.29, 1.82) is 0 Å². The molecule has 5 heteroatoms. The van der Waals surface area contributed by atoms with E-state index in [2.05, 4.69) is 19.2 Å². The standard InChI is InChI=1S/C14H26N2O3/c1-5-11(4)8-15-13(19)16-7-6-14(9-16,10(2)3)12(17)18/h10-11H,5-9H2,1-4H3,(H,15,19)(H,17,18). The molecule has 0 aromatic carbocycles. The zero-order valence-electron chi connectivity index (χ0n) is 12.4. The van der Waals surface area contributed by atoms with Crippen LogP contribution in [0.15, 0.2) is 0 Å². The van der Waals surface area contributed by atoms with E-state index in [-0.39, 0.29) is 11.9 Å². The van der Waals surface area contributed by atoms with Gasteiger partial charge in [-0.2, -0.15) is 0 Å². The highest BCUT2D eigenvalue weighted by atomic mass is 16.4. The normalized spacial score (nSPS) is 24.6. The molecule has 0 aromatic rings. The van der Waals surface area contributed by atoms with Crippen LogP contribution in [0.25, 0.3) is 0 Å². The number of carbonyl (C=O) groups excluding carboxylic acids is 1. The largest absolute Gasteiger partial charge is 0.481 e. The maximum absolute atomic E-state index is 12.0. The molecule has 1 rings (SSSR count). The van der Waals surface area contributed by atoms with E-state index in [1.54, 1.807) is 4.90 Å². The minimum Gasteiger partial charge on any atom is -0.481 e. The van der Waals surface area contributed by atoms with E-state index in [1.807, 2.05) is 13.8 Å². The lowest BCUT2D eigenvalue weighted by molar-refractivity contribution is -0.150. The number of aliphatic carboxylic acids is 1. The van der Waals surface area contributed by atoms with Crippen molar-refractivity contribution in [2.24, 2.45) is 17.3 Å². The SMILES string of the molecule is CCC(C)CNC(=O)N1CCC(C(=O)O)(C(C)C)C1. The van der Waals surface area contributed by atoms with E-state index >= 15 is 0 Å². The van der Waals surface area contributed by atoms with Gasteiger partial charge in [0, 0.05) is 19.6 Å². The summed E-state index contributed by atoms with van der Waals surface area (Å²) >= 11 is 0. The molecule has 19 heavy (non-hydrogen) atoms. The molecule has 0 saturated carbocycles. The van der Waals surface area contributed by atoms with E-state index in [0.717, 1.165) is 6.42 Å². The number of amides is 2. The predicted molar refractivity (Wildman–Crippen MR) is 74.0 cm³/mol. The fourth-order valence-electron chi connectivity index (χ4n) is 2.42. The Morgan fingerprint density at radius 1 is 1.37 bits per heavy atom. The van der Waals surface area contributed by atoms with Gasteiger partial charge in [-0.05, 0) is 18.3 Å². The Bertz CT molecular complexity index is 344. The van der Waals surface area contributed by atoms with Crippen molar-refractivity contribution in [3.63, 3.8) is 0 Å². The van der Waals surface area contributed by atoms with Crippen LogP contribution in [0.2, 0.25) is 0 Å². The van der Waals surface area contributed by atoms with Crippen LogP contribution < -0.4 is 5.32 Å². The number of hydrogen-bond acceptors (Lipinski definition) is 2. The summed E-state index contributed by atoms with van der Waals surface area (Å²) in [6.45, 7) is 9.47. The number of likely N-dealkylation sites (tertiary alicyclic amines) is 1. The number of nitrogens with zero attached hydrogens (tertiary/aromatic N) is 1. The van der Waals surface area contributed by atoms with Crippen molar-refractivity contribution in [2.75, 3.05) is 19.6 Å². The van der Waals surface area contributed by atoms with Gasteiger partial charge in [-0.25, -0.2) is 4.79 Å². The van der Waals surface area contributed by atoms with Crippen molar-refractivity contribution in [2.45, 2.75) is 40.5 Å². The van der Waals surface area contributed by atoms with Crippen molar-refractivity contribution in [1.82, 2.24) is 10.2 Å². The van der Waals surface area contributed by atoms with Crippen LogP contribution >= 0.6 is 0 Å². The number of rotatable bonds is 5. The van der Waals surface area contributed by atoms with Gasteiger partial charge in [0.15, 0.2) is 0 Å². The number of carboxylic acids is 1. The van der Waals surface area contributed by atoms with Crippen LogP contribution in [-0.2, 0) is 4.79 Å². The highest BCUT2D eigenvalue weighted by molar-refractivity contribution is 5.80. The number of carbonyl (C=O) groups is 2. The molecule has 1 saturated heterocycles. The first-order valence-electron chi connectivity index (χ1n) is 7.09. The number of nitrogens with one attached hydrogen (secondary N) is 1. The third-order valence-corrected chi connectivity index (χ3v) is 4.42. The van der Waals surface area contributed by atoms with Gasteiger partial charge in [-0.1, -0.05) is 34.1 Å². The minimum absolute atomic E-state index is 0.0253. The van der Waals surface area contributed by atoms with Gasteiger partial charge in [0.2, 0.25) is 0 Å². The Kier molecular flexibility index (Phi) is 5.20. The van der Waals surface area contributed by atoms with Crippen LogP contribution in [0.3, 0.4) is 0 Å². The molecule has 110 valence electrons. The summed E-state index contributed by atoms with van der Waals surface area (Å²) in [5, 5.41) is 12.3. The van der Waals surface area contributed by atoms with Crippen molar-refractivity contribution >= 4 is 12.0 Å². The van der Waals surface area contributed by atoms with Crippen LogP contribution in [0.1, 0.15) is 40.5 Å². The van der Waals surface area contributed by atoms with E-state index in [1.165, 1.54) is 0 Å². The van der Waals surface area contributed by atoms with Crippen LogP contribution in [0.5, 0.6) is 0 Å². The van der Waals surface area contributed by atoms with E-state index in [4.69, 9.17) is 0 Å². The summed E-state index contributed by atoms with van der Waals surface area (Å²) in [6.07, 6.45) is 1.56. The molecule has 1 aliphatic heterocycles. The fraction of sp³-hybridized carbons (Fsp3) is 0.857. The smallest absolute Gasteiger partial charge is 0.317 e. The monoisotopic (exact) mass is 270 g/mol. The zero-order chi connectivity index (χ0) is 14.6. The lowest BCUT2D eigenvalue weighted by atomic mass is 9.76. The minimum atomic E-state index is -0.792. The molecule has 0 aliphatic carbocycles. The van der Waals surface area contributed by atoms with Gasteiger partial charge in [0.25, 0.3) is 0 Å². The first kappa shape index (κ1) is 15.8. The molecule has 2 atom stereocenters. The average Bonchev–Trinajstić information content (AvgIpc) is 2.81. The lowest BCUT2D eigenvalue weighted by Crippen LogP contribution is -2.44. The second-order valence-corrected chi connectivity index (χ2v) is 5.99. The quantitative estimate of drug-likeness (QED) is 0.804. The molecule has 2 amide bonds. The van der Waals surface area contributed by atoms with Gasteiger partial charge in [0.1, 0.15) is 0 Å². The number of urea groups is 1. The summed E-state index contributed by atoms with van der Waals surface area (Å²) in [5.41, 5.74) is -0.784. The molecular formula is C14H26N2O3. The molecule has 2 N–H and O–H groups in total. The van der Waals surface area contributed by atoms with E-state index in [9.17, 15) is 14.7 Å². The van der Waals surface area contributed by atoms with Crippen molar-refractivity contribution < 1.29 is 14.7 Å². The maximum atomic E-state index is 12.0. The number of hydrogen-bond donors (Lipinski definition) is 2. The first-order valence-corrected chi connectivity index (χ1v) is 7.09. The molecule has 0 spiro atoms. The highest BCUT2D eigenvalue weighted by Gasteiger charge is 2.48. The van der Waals surface area contributed by atoms with Gasteiger partial charge >= 0.3 is 12.0 Å². The lowest BCUT2D eigenvalue weighted by Gasteiger charge is -2.28. The van der Waals surface area contributed by atoms with Gasteiger partial charge in [-0.3, -0.25) is 4.79 Å². The van der Waals surface area contributed by atoms with Crippen molar-refractivity contribution in [3.05, 3.63) is 0 Å². The summed E-state index contributed by atoms with van der Waals surface area (Å²) in [7, 11) is 0. The molecule has 1 aliphatic rings. The summed E-state index contributed by atoms with van der Waals surface area (Å²) in [5.74, 6) is -0.321. The van der Waals surface area contributed by atoms with Gasteiger partial charge < -0.3 is 15.3 Å².